The van der Waals surface area contributed by atoms with E-state index in [0.29, 0.717) is 34.6 Å². The van der Waals surface area contributed by atoms with Gasteiger partial charge in [-0.3, -0.25) is 14.9 Å². The average Bonchev–Trinajstić information content (AvgIpc) is 3.48. The Hall–Kier alpha value is -3.46. The van der Waals surface area contributed by atoms with Crippen molar-refractivity contribution in [1.82, 2.24) is 15.1 Å². The number of fused-ring (bicyclic) bond motifs is 1. The summed E-state index contributed by atoms with van der Waals surface area (Å²) in [6.07, 6.45) is 0.661. The summed E-state index contributed by atoms with van der Waals surface area (Å²) in [7, 11) is 0. The minimum absolute atomic E-state index is 0.0424. The summed E-state index contributed by atoms with van der Waals surface area (Å²) in [5.74, 6) is 0.944. The molecule has 3 aromatic rings. The van der Waals surface area contributed by atoms with Crippen molar-refractivity contribution in [3.63, 3.8) is 0 Å². The first-order valence-corrected chi connectivity index (χ1v) is 12.1. The van der Waals surface area contributed by atoms with Crippen LogP contribution in [0.1, 0.15) is 38.7 Å². The minimum Gasteiger partial charge on any atom is -0.454 e. The molecule has 0 saturated carbocycles. The molecular formula is C25H28N4O4S. The SMILES string of the molecule is CC[C@@H](C(=O)N(CC(=O)Nc1nnc(-c2ccc3c(c2)OCO3)s1)CC(C)C)c1ccccc1. The molecule has 0 bridgehead atoms. The van der Waals surface area contributed by atoms with Gasteiger partial charge in [0.1, 0.15) is 5.01 Å². The highest BCUT2D eigenvalue weighted by molar-refractivity contribution is 7.18. The second kappa shape index (κ2) is 10.6. The lowest BCUT2D eigenvalue weighted by Gasteiger charge is -2.28. The van der Waals surface area contributed by atoms with E-state index in [1.54, 1.807) is 4.90 Å². The van der Waals surface area contributed by atoms with Crippen LogP contribution in [0.2, 0.25) is 0 Å². The lowest BCUT2D eigenvalue weighted by atomic mass is 9.94. The maximum atomic E-state index is 13.4. The molecule has 4 rings (SSSR count). The number of benzene rings is 2. The van der Waals surface area contributed by atoms with Gasteiger partial charge in [0.05, 0.1) is 12.5 Å². The monoisotopic (exact) mass is 480 g/mol. The molecule has 0 saturated heterocycles. The summed E-state index contributed by atoms with van der Waals surface area (Å²) in [5, 5.41) is 12.1. The first-order valence-electron chi connectivity index (χ1n) is 11.3. The van der Waals surface area contributed by atoms with E-state index >= 15 is 0 Å². The number of amides is 2. The number of nitrogens with one attached hydrogen (secondary N) is 1. The van der Waals surface area contributed by atoms with E-state index in [2.05, 4.69) is 15.5 Å². The largest absolute Gasteiger partial charge is 0.454 e. The van der Waals surface area contributed by atoms with E-state index in [4.69, 9.17) is 9.47 Å². The number of hydrogen-bond acceptors (Lipinski definition) is 7. The number of aromatic nitrogens is 2. The highest BCUT2D eigenvalue weighted by Crippen LogP contribution is 2.37. The Labute approximate surface area is 202 Å². The van der Waals surface area contributed by atoms with Gasteiger partial charge in [-0.15, -0.1) is 10.2 Å². The molecule has 1 aromatic heterocycles. The molecular weight excluding hydrogens is 452 g/mol. The van der Waals surface area contributed by atoms with Gasteiger partial charge in [-0.2, -0.15) is 0 Å². The molecule has 0 fully saturated rings. The first-order chi connectivity index (χ1) is 16.4. The summed E-state index contributed by atoms with van der Waals surface area (Å²) >= 11 is 1.26. The van der Waals surface area contributed by atoms with Crippen LogP contribution < -0.4 is 14.8 Å². The van der Waals surface area contributed by atoms with Crippen LogP contribution in [0.25, 0.3) is 10.6 Å². The molecule has 178 valence electrons. The van der Waals surface area contributed by atoms with Crippen molar-refractivity contribution in [3.8, 4) is 22.1 Å². The zero-order valence-electron chi connectivity index (χ0n) is 19.5. The van der Waals surface area contributed by atoms with Crippen molar-refractivity contribution in [3.05, 3.63) is 54.1 Å². The van der Waals surface area contributed by atoms with Gasteiger partial charge in [-0.1, -0.05) is 62.4 Å². The van der Waals surface area contributed by atoms with Gasteiger partial charge in [-0.05, 0) is 36.1 Å². The van der Waals surface area contributed by atoms with Crippen molar-refractivity contribution in [1.29, 1.82) is 0 Å². The van der Waals surface area contributed by atoms with E-state index in [9.17, 15) is 9.59 Å². The van der Waals surface area contributed by atoms with Crippen LogP contribution in [0.15, 0.2) is 48.5 Å². The molecule has 0 radical (unpaired) electrons. The van der Waals surface area contributed by atoms with E-state index < -0.39 is 0 Å². The lowest BCUT2D eigenvalue weighted by molar-refractivity contribution is -0.136. The fourth-order valence-corrected chi connectivity index (χ4v) is 4.64. The lowest BCUT2D eigenvalue weighted by Crippen LogP contribution is -2.42. The Bertz CT molecular complexity index is 1150. The third-order valence-electron chi connectivity index (χ3n) is 5.43. The molecule has 2 aromatic carbocycles. The zero-order valence-corrected chi connectivity index (χ0v) is 20.3. The third-order valence-corrected chi connectivity index (χ3v) is 6.32. The van der Waals surface area contributed by atoms with Gasteiger partial charge < -0.3 is 14.4 Å². The van der Waals surface area contributed by atoms with Crippen LogP contribution in [-0.4, -0.2) is 46.8 Å². The van der Waals surface area contributed by atoms with Crippen LogP contribution in [0, 0.1) is 5.92 Å². The number of ether oxygens (including phenoxy) is 2. The van der Waals surface area contributed by atoms with Gasteiger partial charge in [-0.25, -0.2) is 0 Å². The Balaban J connectivity index is 1.44. The summed E-state index contributed by atoms with van der Waals surface area (Å²) < 4.78 is 10.8. The minimum atomic E-state index is -0.301. The third kappa shape index (κ3) is 5.53. The maximum Gasteiger partial charge on any atom is 0.245 e. The fourth-order valence-electron chi connectivity index (χ4n) is 3.88. The molecule has 0 aliphatic carbocycles. The van der Waals surface area contributed by atoms with Crippen LogP contribution >= 0.6 is 11.3 Å². The van der Waals surface area contributed by atoms with E-state index in [1.165, 1.54) is 11.3 Å². The zero-order chi connectivity index (χ0) is 24.1. The smallest absolute Gasteiger partial charge is 0.245 e. The van der Waals surface area contributed by atoms with Crippen LogP contribution in [0.3, 0.4) is 0 Å². The van der Waals surface area contributed by atoms with Crippen LogP contribution in [-0.2, 0) is 9.59 Å². The van der Waals surface area contributed by atoms with Gasteiger partial charge in [0.25, 0.3) is 0 Å². The number of anilines is 1. The summed E-state index contributed by atoms with van der Waals surface area (Å²) in [6.45, 7) is 6.70. The van der Waals surface area contributed by atoms with Gasteiger partial charge in [0.15, 0.2) is 11.5 Å². The highest BCUT2D eigenvalue weighted by Gasteiger charge is 2.27. The molecule has 2 amide bonds. The van der Waals surface area contributed by atoms with Crippen molar-refractivity contribution >= 4 is 28.3 Å². The first kappa shape index (κ1) is 23.7. The quantitative estimate of drug-likeness (QED) is 0.483. The second-order valence-electron chi connectivity index (χ2n) is 8.51. The van der Waals surface area contributed by atoms with Crippen LogP contribution in [0.4, 0.5) is 5.13 Å². The molecule has 0 unspecified atom stereocenters. The van der Waals surface area contributed by atoms with Gasteiger partial charge >= 0.3 is 0 Å². The number of rotatable bonds is 9. The molecule has 9 heteroatoms. The summed E-state index contributed by atoms with van der Waals surface area (Å²) in [5.41, 5.74) is 1.79. The van der Waals surface area contributed by atoms with Crippen molar-refractivity contribution in [2.75, 3.05) is 25.2 Å². The van der Waals surface area contributed by atoms with Crippen molar-refractivity contribution in [2.45, 2.75) is 33.1 Å². The Morgan fingerprint density at radius 2 is 1.85 bits per heavy atom. The topological polar surface area (TPSA) is 93.7 Å². The Morgan fingerprint density at radius 1 is 1.09 bits per heavy atom. The number of carbonyl (C=O) groups excluding carboxylic acids is 2. The predicted molar refractivity (Wildman–Crippen MR) is 131 cm³/mol. The fraction of sp³-hybridized carbons (Fsp3) is 0.360. The number of carbonyl (C=O) groups is 2. The molecule has 1 aliphatic heterocycles. The molecule has 8 nitrogen and oxygen atoms in total. The van der Waals surface area contributed by atoms with E-state index in [0.717, 1.165) is 11.1 Å². The second-order valence-corrected chi connectivity index (χ2v) is 9.49. The average molecular weight is 481 g/mol. The number of nitrogens with zero attached hydrogens (tertiary/aromatic N) is 3. The predicted octanol–water partition coefficient (Wildman–Crippen LogP) is 4.55. The summed E-state index contributed by atoms with van der Waals surface area (Å²) in [4.78, 5) is 27.9. The van der Waals surface area contributed by atoms with Crippen molar-refractivity contribution < 1.29 is 19.1 Å². The molecule has 1 atom stereocenters. The Kier molecular flexibility index (Phi) is 7.42. The molecule has 34 heavy (non-hydrogen) atoms. The molecule has 1 N–H and O–H groups in total. The van der Waals surface area contributed by atoms with Crippen molar-refractivity contribution in [2.24, 2.45) is 5.92 Å². The number of hydrogen-bond donors (Lipinski definition) is 1. The molecule has 1 aliphatic rings. The Morgan fingerprint density at radius 3 is 2.59 bits per heavy atom. The molecule has 2 heterocycles. The highest BCUT2D eigenvalue weighted by atomic mass is 32.1. The maximum absolute atomic E-state index is 13.4. The van der Waals surface area contributed by atoms with Crippen LogP contribution in [0.5, 0.6) is 11.5 Å². The normalized spacial score (nSPS) is 13.1. The van der Waals surface area contributed by atoms with E-state index in [1.807, 2.05) is 69.3 Å². The standard InChI is InChI=1S/C25H28N4O4S/c1-4-19(17-8-6-5-7-9-17)24(31)29(13-16(2)3)14-22(30)26-25-28-27-23(34-25)18-10-11-20-21(12-18)33-15-32-20/h5-12,16,19H,4,13-15H2,1-3H3,(H,26,28,30)/t19-/m1/s1. The van der Waals surface area contributed by atoms with Gasteiger partial charge in [0, 0.05) is 12.1 Å². The van der Waals surface area contributed by atoms with Gasteiger partial charge in [0.2, 0.25) is 23.7 Å². The van der Waals surface area contributed by atoms with E-state index in [-0.39, 0.29) is 37.0 Å². The molecule has 0 spiro atoms. The summed E-state index contributed by atoms with van der Waals surface area (Å²) in [6, 6.07) is 15.2.